The van der Waals surface area contributed by atoms with E-state index in [-0.39, 0.29) is 0 Å². The van der Waals surface area contributed by atoms with Gasteiger partial charge in [-0.3, -0.25) is 0 Å². The van der Waals surface area contributed by atoms with E-state index in [0.29, 0.717) is 5.92 Å². The van der Waals surface area contributed by atoms with Crippen molar-refractivity contribution in [1.82, 2.24) is 14.9 Å². The Bertz CT molecular complexity index is 782. The highest BCUT2D eigenvalue weighted by Gasteiger charge is 2.21. The highest BCUT2D eigenvalue weighted by molar-refractivity contribution is 7.80. The number of anilines is 2. The van der Waals surface area contributed by atoms with Crippen molar-refractivity contribution in [3.8, 4) is 0 Å². The smallest absolute Gasteiger partial charge is 0.173 e. The molecule has 1 aliphatic rings. The average Bonchev–Trinajstić information content (AvgIpc) is 2.61. The second kappa shape index (κ2) is 7.99. The number of hydrogen-bond donors (Lipinski definition) is 1. The molecule has 1 aromatic carbocycles. The molecule has 2 aromatic rings. The van der Waals surface area contributed by atoms with Crippen LogP contribution in [0.3, 0.4) is 0 Å². The maximum atomic E-state index is 5.60. The normalized spacial score (nSPS) is 14.7. The van der Waals surface area contributed by atoms with Crippen LogP contribution in [0.1, 0.15) is 36.8 Å². The molecule has 6 heteroatoms. The fourth-order valence-electron chi connectivity index (χ4n) is 3.06. The minimum atomic E-state index is 0.334. The Labute approximate surface area is 161 Å². The second-order valence-corrected chi connectivity index (χ2v) is 7.54. The lowest BCUT2D eigenvalue weighted by Crippen LogP contribution is -2.50. The van der Waals surface area contributed by atoms with Crippen LogP contribution in [0.15, 0.2) is 30.3 Å². The summed E-state index contributed by atoms with van der Waals surface area (Å²) in [6.45, 7) is 12.0. The van der Waals surface area contributed by atoms with Gasteiger partial charge in [-0.25, -0.2) is 9.97 Å². The number of aryl methyl sites for hydroxylation is 2. The summed E-state index contributed by atoms with van der Waals surface area (Å²) in [7, 11) is 0. The fraction of sp³-hybridized carbons (Fsp3) is 0.450. The molecule has 0 spiro atoms. The van der Waals surface area contributed by atoms with Gasteiger partial charge in [0.2, 0.25) is 0 Å². The van der Waals surface area contributed by atoms with Crippen molar-refractivity contribution in [3.63, 3.8) is 0 Å². The Morgan fingerprint density at radius 2 is 1.81 bits per heavy atom. The first-order valence-electron chi connectivity index (χ1n) is 9.15. The third-order valence-corrected chi connectivity index (χ3v) is 4.89. The van der Waals surface area contributed by atoms with Crippen LogP contribution in [0.4, 0.5) is 11.5 Å². The molecule has 1 aliphatic heterocycles. The molecule has 0 unspecified atom stereocenters. The SMILES string of the molecule is Cc1cccc(NC(=S)N2CCN(c3cc(C)nc(C(C)C)n3)CC2)c1. The number of hydrogen-bond acceptors (Lipinski definition) is 4. The summed E-state index contributed by atoms with van der Waals surface area (Å²) in [4.78, 5) is 13.9. The molecule has 1 aromatic heterocycles. The summed E-state index contributed by atoms with van der Waals surface area (Å²) in [5.41, 5.74) is 3.30. The number of nitrogens with one attached hydrogen (secondary N) is 1. The number of piperazine rings is 1. The van der Waals surface area contributed by atoms with Gasteiger partial charge in [0.25, 0.3) is 0 Å². The Morgan fingerprint density at radius 3 is 2.46 bits per heavy atom. The molecule has 5 nitrogen and oxygen atoms in total. The average molecular weight is 370 g/mol. The Balaban J connectivity index is 1.61. The predicted octanol–water partition coefficient (Wildman–Crippen LogP) is 3.74. The van der Waals surface area contributed by atoms with Crippen LogP contribution in [-0.4, -0.2) is 46.2 Å². The molecule has 0 bridgehead atoms. The summed E-state index contributed by atoms with van der Waals surface area (Å²) in [5.74, 6) is 2.28. The molecule has 138 valence electrons. The van der Waals surface area contributed by atoms with E-state index in [1.807, 2.05) is 19.1 Å². The quantitative estimate of drug-likeness (QED) is 0.832. The van der Waals surface area contributed by atoms with Crippen LogP contribution in [0.2, 0.25) is 0 Å². The molecule has 0 aliphatic carbocycles. The van der Waals surface area contributed by atoms with Gasteiger partial charge in [0.05, 0.1) is 0 Å². The Morgan fingerprint density at radius 1 is 1.08 bits per heavy atom. The standard InChI is InChI=1S/C20H27N5S/c1-14(2)19-21-16(4)13-18(23-19)24-8-10-25(11-9-24)20(26)22-17-7-5-6-15(3)12-17/h5-7,12-14H,8-11H2,1-4H3,(H,22,26). The van der Waals surface area contributed by atoms with E-state index in [1.54, 1.807) is 0 Å². The Kier molecular flexibility index (Phi) is 5.71. The van der Waals surface area contributed by atoms with Gasteiger partial charge in [-0.05, 0) is 43.8 Å². The van der Waals surface area contributed by atoms with E-state index < -0.39 is 0 Å². The van der Waals surface area contributed by atoms with Crippen molar-refractivity contribution >= 4 is 28.8 Å². The van der Waals surface area contributed by atoms with Crippen LogP contribution in [-0.2, 0) is 0 Å². The zero-order valence-corrected chi connectivity index (χ0v) is 16.8. The zero-order chi connectivity index (χ0) is 18.7. The van der Waals surface area contributed by atoms with Crippen molar-refractivity contribution in [2.45, 2.75) is 33.6 Å². The summed E-state index contributed by atoms with van der Waals surface area (Å²) < 4.78 is 0. The van der Waals surface area contributed by atoms with Gasteiger partial charge in [0.1, 0.15) is 11.6 Å². The molecule has 3 rings (SSSR count). The molecule has 2 heterocycles. The van der Waals surface area contributed by atoms with Crippen molar-refractivity contribution in [2.24, 2.45) is 0 Å². The monoisotopic (exact) mass is 369 g/mol. The van der Waals surface area contributed by atoms with E-state index in [4.69, 9.17) is 17.2 Å². The van der Waals surface area contributed by atoms with E-state index in [2.05, 4.69) is 59.1 Å². The lowest BCUT2D eigenvalue weighted by Gasteiger charge is -2.37. The van der Waals surface area contributed by atoms with Crippen molar-refractivity contribution in [1.29, 1.82) is 0 Å². The van der Waals surface area contributed by atoms with E-state index in [9.17, 15) is 0 Å². The minimum absolute atomic E-state index is 0.334. The molecule has 1 N–H and O–H groups in total. The van der Waals surface area contributed by atoms with Crippen LogP contribution in [0, 0.1) is 13.8 Å². The molecule has 1 saturated heterocycles. The van der Waals surface area contributed by atoms with Crippen LogP contribution in [0.5, 0.6) is 0 Å². The molecule has 0 atom stereocenters. The Hall–Kier alpha value is -2.21. The lowest BCUT2D eigenvalue weighted by molar-refractivity contribution is 0.389. The number of benzene rings is 1. The topological polar surface area (TPSA) is 44.3 Å². The van der Waals surface area contributed by atoms with Crippen molar-refractivity contribution in [3.05, 3.63) is 47.4 Å². The molecule has 0 saturated carbocycles. The number of thiocarbonyl (C=S) groups is 1. The molecule has 0 amide bonds. The summed E-state index contributed by atoms with van der Waals surface area (Å²) in [6.07, 6.45) is 0. The third kappa shape index (κ3) is 4.49. The zero-order valence-electron chi connectivity index (χ0n) is 16.0. The number of nitrogens with zero attached hydrogens (tertiary/aromatic N) is 4. The maximum absolute atomic E-state index is 5.60. The first-order chi connectivity index (χ1) is 12.4. The van der Waals surface area contributed by atoms with E-state index >= 15 is 0 Å². The maximum Gasteiger partial charge on any atom is 0.173 e. The molecule has 26 heavy (non-hydrogen) atoms. The summed E-state index contributed by atoms with van der Waals surface area (Å²) in [5, 5.41) is 4.14. The van der Waals surface area contributed by atoms with Gasteiger partial charge in [-0.2, -0.15) is 0 Å². The predicted molar refractivity (Wildman–Crippen MR) is 112 cm³/mol. The van der Waals surface area contributed by atoms with Gasteiger partial charge >= 0.3 is 0 Å². The van der Waals surface area contributed by atoms with E-state index in [0.717, 1.165) is 54.3 Å². The van der Waals surface area contributed by atoms with Crippen LogP contribution < -0.4 is 10.2 Å². The summed E-state index contributed by atoms with van der Waals surface area (Å²) in [6, 6.07) is 10.4. The van der Waals surface area contributed by atoms with Gasteiger partial charge in [0, 0.05) is 49.5 Å². The minimum Gasteiger partial charge on any atom is -0.353 e. The second-order valence-electron chi connectivity index (χ2n) is 7.15. The van der Waals surface area contributed by atoms with Crippen molar-refractivity contribution in [2.75, 3.05) is 36.4 Å². The van der Waals surface area contributed by atoms with Crippen LogP contribution >= 0.6 is 12.2 Å². The van der Waals surface area contributed by atoms with Gasteiger partial charge in [0.15, 0.2) is 5.11 Å². The first kappa shape index (κ1) is 18.6. The largest absolute Gasteiger partial charge is 0.353 e. The van der Waals surface area contributed by atoms with Gasteiger partial charge < -0.3 is 15.1 Å². The third-order valence-electron chi connectivity index (χ3n) is 4.53. The molecule has 1 fully saturated rings. The van der Waals surface area contributed by atoms with E-state index in [1.165, 1.54) is 5.56 Å². The number of aromatic nitrogens is 2. The van der Waals surface area contributed by atoms with Crippen molar-refractivity contribution < 1.29 is 0 Å². The molecular formula is C20H27N5S. The van der Waals surface area contributed by atoms with Gasteiger partial charge in [-0.15, -0.1) is 0 Å². The fourth-order valence-corrected chi connectivity index (χ4v) is 3.36. The highest BCUT2D eigenvalue weighted by atomic mass is 32.1. The lowest BCUT2D eigenvalue weighted by atomic mass is 10.2. The molecular weight excluding hydrogens is 342 g/mol. The number of rotatable bonds is 3. The van der Waals surface area contributed by atoms with Gasteiger partial charge in [-0.1, -0.05) is 26.0 Å². The first-order valence-corrected chi connectivity index (χ1v) is 9.56. The summed E-state index contributed by atoms with van der Waals surface area (Å²) >= 11 is 5.60. The molecule has 0 radical (unpaired) electrons. The highest BCUT2D eigenvalue weighted by Crippen LogP contribution is 2.19. The van der Waals surface area contributed by atoms with Crippen LogP contribution in [0.25, 0.3) is 0 Å².